The summed E-state index contributed by atoms with van der Waals surface area (Å²) in [6.45, 7) is 2.25. The number of methoxy groups -OCH3 is 1. The molecule has 110 valence electrons. The molecule has 0 saturated heterocycles. The standard InChI is InChI=1S/C16H19N3O2/c1-11(12-3-5-15(21-2)6-4-12)19-16(20)13-7-8-18-14(9-13)10-17/h3-9,11H,10,17H2,1-2H3,(H,19,20)/t11-/m0/s1. The number of ether oxygens (including phenoxy) is 1. The molecule has 0 aliphatic rings. The third kappa shape index (κ3) is 3.79. The Hall–Kier alpha value is -2.40. The number of hydrogen-bond donors (Lipinski definition) is 2. The Labute approximate surface area is 124 Å². The lowest BCUT2D eigenvalue weighted by atomic mass is 10.1. The Balaban J connectivity index is 2.06. The molecule has 2 rings (SSSR count). The van der Waals surface area contributed by atoms with E-state index in [-0.39, 0.29) is 11.9 Å². The lowest BCUT2D eigenvalue weighted by Crippen LogP contribution is -2.26. The van der Waals surface area contributed by atoms with Gasteiger partial charge in [0.05, 0.1) is 18.8 Å². The van der Waals surface area contributed by atoms with Crippen LogP contribution in [0.3, 0.4) is 0 Å². The molecule has 0 fully saturated rings. The van der Waals surface area contributed by atoms with Gasteiger partial charge in [-0.25, -0.2) is 0 Å². The first-order chi connectivity index (χ1) is 10.1. The average molecular weight is 285 g/mol. The molecule has 2 aromatic rings. The van der Waals surface area contributed by atoms with Crippen LogP contribution < -0.4 is 15.8 Å². The van der Waals surface area contributed by atoms with Crippen LogP contribution >= 0.6 is 0 Å². The first-order valence-electron chi connectivity index (χ1n) is 6.74. The number of rotatable bonds is 5. The summed E-state index contributed by atoms with van der Waals surface area (Å²) in [4.78, 5) is 16.3. The van der Waals surface area contributed by atoms with Crippen molar-refractivity contribution in [2.45, 2.75) is 19.5 Å². The number of hydrogen-bond acceptors (Lipinski definition) is 4. The summed E-state index contributed by atoms with van der Waals surface area (Å²) >= 11 is 0. The molecule has 1 aromatic carbocycles. The Morgan fingerprint density at radius 3 is 2.67 bits per heavy atom. The Bertz CT molecular complexity index is 611. The minimum absolute atomic E-state index is 0.0992. The molecular formula is C16H19N3O2. The van der Waals surface area contributed by atoms with Crippen molar-refractivity contribution in [3.05, 3.63) is 59.4 Å². The molecule has 21 heavy (non-hydrogen) atoms. The molecule has 1 atom stereocenters. The first-order valence-corrected chi connectivity index (χ1v) is 6.74. The molecule has 0 bridgehead atoms. The van der Waals surface area contributed by atoms with Crippen molar-refractivity contribution >= 4 is 5.91 Å². The Morgan fingerprint density at radius 2 is 2.05 bits per heavy atom. The van der Waals surface area contributed by atoms with Crippen molar-refractivity contribution in [1.82, 2.24) is 10.3 Å². The van der Waals surface area contributed by atoms with Gasteiger partial charge in [0.25, 0.3) is 5.91 Å². The minimum Gasteiger partial charge on any atom is -0.497 e. The number of pyridine rings is 1. The summed E-state index contributed by atoms with van der Waals surface area (Å²) in [6, 6.07) is 10.9. The van der Waals surface area contributed by atoms with E-state index < -0.39 is 0 Å². The Morgan fingerprint density at radius 1 is 1.33 bits per heavy atom. The normalized spacial score (nSPS) is 11.8. The molecule has 5 heteroatoms. The van der Waals surface area contributed by atoms with Gasteiger partial charge in [-0.1, -0.05) is 12.1 Å². The number of benzene rings is 1. The predicted molar refractivity (Wildman–Crippen MR) is 81.0 cm³/mol. The van der Waals surface area contributed by atoms with Crippen molar-refractivity contribution in [2.24, 2.45) is 5.73 Å². The van der Waals surface area contributed by atoms with E-state index in [9.17, 15) is 4.79 Å². The van der Waals surface area contributed by atoms with Gasteiger partial charge < -0.3 is 15.8 Å². The van der Waals surface area contributed by atoms with Gasteiger partial charge in [0.1, 0.15) is 5.75 Å². The van der Waals surface area contributed by atoms with Crippen LogP contribution in [0, 0.1) is 0 Å². The van der Waals surface area contributed by atoms with E-state index in [0.29, 0.717) is 17.8 Å². The molecule has 0 radical (unpaired) electrons. The number of nitrogens with zero attached hydrogens (tertiary/aromatic N) is 1. The lowest BCUT2D eigenvalue weighted by molar-refractivity contribution is 0.0939. The number of carbonyl (C=O) groups excluding carboxylic acids is 1. The summed E-state index contributed by atoms with van der Waals surface area (Å²) in [7, 11) is 1.62. The molecular weight excluding hydrogens is 266 g/mol. The molecule has 0 aliphatic carbocycles. The average Bonchev–Trinajstić information content (AvgIpc) is 2.54. The smallest absolute Gasteiger partial charge is 0.251 e. The zero-order chi connectivity index (χ0) is 15.2. The number of carbonyl (C=O) groups is 1. The van der Waals surface area contributed by atoms with Gasteiger partial charge in [-0.3, -0.25) is 9.78 Å². The second-order valence-electron chi connectivity index (χ2n) is 4.71. The van der Waals surface area contributed by atoms with Gasteiger partial charge in [0.2, 0.25) is 0 Å². The molecule has 0 unspecified atom stereocenters. The van der Waals surface area contributed by atoms with Crippen LogP contribution in [-0.2, 0) is 6.54 Å². The van der Waals surface area contributed by atoms with Crippen molar-refractivity contribution < 1.29 is 9.53 Å². The van der Waals surface area contributed by atoms with Crippen LogP contribution in [-0.4, -0.2) is 18.0 Å². The first kappa shape index (κ1) is 15.0. The topological polar surface area (TPSA) is 77.2 Å². The predicted octanol–water partition coefficient (Wildman–Crippen LogP) is 2.04. The van der Waals surface area contributed by atoms with Gasteiger partial charge in [-0.05, 0) is 36.8 Å². The second-order valence-corrected chi connectivity index (χ2v) is 4.71. The fourth-order valence-electron chi connectivity index (χ4n) is 1.99. The molecule has 1 heterocycles. The summed E-state index contributed by atoms with van der Waals surface area (Å²) < 4.78 is 5.12. The van der Waals surface area contributed by atoms with Gasteiger partial charge in [0, 0.05) is 18.3 Å². The number of nitrogens with one attached hydrogen (secondary N) is 1. The maximum absolute atomic E-state index is 12.2. The maximum atomic E-state index is 12.2. The highest BCUT2D eigenvalue weighted by atomic mass is 16.5. The van der Waals surface area contributed by atoms with Gasteiger partial charge in [0.15, 0.2) is 0 Å². The van der Waals surface area contributed by atoms with Crippen LogP contribution in [0.4, 0.5) is 0 Å². The van der Waals surface area contributed by atoms with E-state index in [4.69, 9.17) is 10.5 Å². The number of amides is 1. The van der Waals surface area contributed by atoms with Crippen molar-refractivity contribution in [3.63, 3.8) is 0 Å². The van der Waals surface area contributed by atoms with Gasteiger partial charge >= 0.3 is 0 Å². The molecule has 1 amide bonds. The van der Waals surface area contributed by atoms with Crippen molar-refractivity contribution in [2.75, 3.05) is 7.11 Å². The quantitative estimate of drug-likeness (QED) is 0.881. The molecule has 1 aromatic heterocycles. The summed E-state index contributed by atoms with van der Waals surface area (Å²) in [5.74, 6) is 0.648. The van der Waals surface area contributed by atoms with Crippen LogP contribution in [0.15, 0.2) is 42.6 Å². The van der Waals surface area contributed by atoms with E-state index in [1.807, 2.05) is 31.2 Å². The fourth-order valence-corrected chi connectivity index (χ4v) is 1.99. The van der Waals surface area contributed by atoms with Gasteiger partial charge in [-0.15, -0.1) is 0 Å². The summed E-state index contributed by atoms with van der Waals surface area (Å²) in [5, 5.41) is 2.95. The van der Waals surface area contributed by atoms with E-state index in [0.717, 1.165) is 11.3 Å². The highest BCUT2D eigenvalue weighted by Crippen LogP contribution is 2.17. The molecule has 5 nitrogen and oxygen atoms in total. The minimum atomic E-state index is -0.143. The number of aromatic nitrogens is 1. The molecule has 0 aliphatic heterocycles. The SMILES string of the molecule is COc1ccc([C@H](C)NC(=O)c2ccnc(CN)c2)cc1. The highest BCUT2D eigenvalue weighted by Gasteiger charge is 2.12. The Kier molecular flexibility index (Phi) is 4.90. The summed E-state index contributed by atoms with van der Waals surface area (Å²) in [6.07, 6.45) is 1.59. The van der Waals surface area contributed by atoms with Crippen molar-refractivity contribution in [3.8, 4) is 5.75 Å². The van der Waals surface area contributed by atoms with E-state index in [1.165, 1.54) is 0 Å². The van der Waals surface area contributed by atoms with Crippen LogP contribution in [0.2, 0.25) is 0 Å². The largest absolute Gasteiger partial charge is 0.497 e. The molecule has 0 saturated carbocycles. The van der Waals surface area contributed by atoms with E-state index in [2.05, 4.69) is 10.3 Å². The number of nitrogens with two attached hydrogens (primary N) is 1. The van der Waals surface area contributed by atoms with Crippen molar-refractivity contribution in [1.29, 1.82) is 0 Å². The third-order valence-electron chi connectivity index (χ3n) is 3.25. The molecule has 0 spiro atoms. The van der Waals surface area contributed by atoms with E-state index in [1.54, 1.807) is 25.4 Å². The van der Waals surface area contributed by atoms with Crippen LogP contribution in [0.1, 0.15) is 34.6 Å². The fraction of sp³-hybridized carbons (Fsp3) is 0.250. The third-order valence-corrected chi connectivity index (χ3v) is 3.25. The molecule has 3 N–H and O–H groups in total. The monoisotopic (exact) mass is 285 g/mol. The highest BCUT2D eigenvalue weighted by molar-refractivity contribution is 5.94. The summed E-state index contributed by atoms with van der Waals surface area (Å²) in [5.41, 5.74) is 7.80. The lowest BCUT2D eigenvalue weighted by Gasteiger charge is -2.15. The van der Waals surface area contributed by atoms with E-state index >= 15 is 0 Å². The van der Waals surface area contributed by atoms with Crippen LogP contribution in [0.25, 0.3) is 0 Å². The maximum Gasteiger partial charge on any atom is 0.251 e. The zero-order valence-corrected chi connectivity index (χ0v) is 12.2. The van der Waals surface area contributed by atoms with Gasteiger partial charge in [-0.2, -0.15) is 0 Å². The second kappa shape index (κ2) is 6.85. The zero-order valence-electron chi connectivity index (χ0n) is 12.2. The van der Waals surface area contributed by atoms with Crippen LogP contribution in [0.5, 0.6) is 5.75 Å².